The lowest BCUT2D eigenvalue weighted by Gasteiger charge is -2.25. The van der Waals surface area contributed by atoms with Gasteiger partial charge in [-0.05, 0) is 13.3 Å². The lowest BCUT2D eigenvalue weighted by Crippen LogP contribution is -2.43. The molecule has 0 radical (unpaired) electrons. The van der Waals surface area contributed by atoms with Gasteiger partial charge in [0.1, 0.15) is 11.4 Å². The Morgan fingerprint density at radius 3 is 2.39 bits per heavy atom. The van der Waals surface area contributed by atoms with Gasteiger partial charge in [-0.2, -0.15) is 4.37 Å². The number of nitrogens with zero attached hydrogens (tertiary/aromatic N) is 2. The van der Waals surface area contributed by atoms with Gasteiger partial charge in [0.25, 0.3) is 0 Å². The Bertz CT molecular complexity index is 425. The molecule has 1 rings (SSSR count). The molecule has 18 heavy (non-hydrogen) atoms. The molecule has 5 nitrogen and oxygen atoms in total. The van der Waals surface area contributed by atoms with Gasteiger partial charge in [-0.3, -0.25) is 0 Å². The van der Waals surface area contributed by atoms with Crippen LogP contribution in [0.15, 0.2) is 0 Å². The van der Waals surface area contributed by atoms with E-state index in [4.69, 9.17) is 0 Å². The van der Waals surface area contributed by atoms with Crippen molar-refractivity contribution in [3.05, 3.63) is 5.82 Å². The van der Waals surface area contributed by atoms with E-state index in [2.05, 4.69) is 14.7 Å². The summed E-state index contributed by atoms with van der Waals surface area (Å²) < 4.78 is 4.27. The van der Waals surface area contributed by atoms with E-state index < -0.39 is 11.5 Å². The second kappa shape index (κ2) is 5.22. The normalized spacial score (nSPS) is 15.2. The molecule has 1 unspecified atom stereocenters. The first-order valence-electron chi connectivity index (χ1n) is 6.05. The van der Waals surface area contributed by atoms with Crippen LogP contribution in [0.4, 0.5) is 5.13 Å². The summed E-state index contributed by atoms with van der Waals surface area (Å²) in [7, 11) is 0. The van der Waals surface area contributed by atoms with E-state index in [1.165, 1.54) is 11.5 Å². The first-order valence-corrected chi connectivity index (χ1v) is 6.82. The fraction of sp³-hybridized carbons (Fsp3) is 0.750. The number of hydrogen-bond acceptors (Lipinski definition) is 5. The van der Waals surface area contributed by atoms with Crippen molar-refractivity contribution >= 4 is 22.6 Å². The van der Waals surface area contributed by atoms with E-state index in [1.807, 2.05) is 27.7 Å². The van der Waals surface area contributed by atoms with Gasteiger partial charge in [-0.25, -0.2) is 9.78 Å². The number of carboxylic acid groups (broad SMARTS) is 1. The number of carbonyl (C=O) groups is 1. The summed E-state index contributed by atoms with van der Waals surface area (Å²) in [6.07, 6.45) is 1.34. The maximum atomic E-state index is 11.3. The topological polar surface area (TPSA) is 75.1 Å². The van der Waals surface area contributed by atoms with E-state index in [1.54, 1.807) is 6.92 Å². The highest BCUT2D eigenvalue weighted by atomic mass is 32.1. The number of anilines is 1. The minimum Gasteiger partial charge on any atom is -0.480 e. The Balaban J connectivity index is 2.89. The lowest BCUT2D eigenvalue weighted by atomic mass is 9.96. The molecule has 0 aromatic carbocycles. The van der Waals surface area contributed by atoms with Crippen LogP contribution in [-0.4, -0.2) is 26.0 Å². The molecule has 0 spiro atoms. The van der Waals surface area contributed by atoms with Crippen LogP contribution in [0.2, 0.25) is 0 Å². The van der Waals surface area contributed by atoms with E-state index >= 15 is 0 Å². The third-order valence-corrected chi connectivity index (χ3v) is 3.33. The molecule has 1 aromatic rings. The van der Waals surface area contributed by atoms with Gasteiger partial charge in [-0.1, -0.05) is 34.1 Å². The van der Waals surface area contributed by atoms with Crippen LogP contribution in [0, 0.1) is 0 Å². The molecular formula is C12H21N3O2S. The molecule has 1 heterocycles. The van der Waals surface area contributed by atoms with Crippen molar-refractivity contribution in [1.29, 1.82) is 0 Å². The predicted molar refractivity (Wildman–Crippen MR) is 73.2 cm³/mol. The predicted octanol–water partition coefficient (Wildman–Crippen LogP) is 2.89. The van der Waals surface area contributed by atoms with Crippen LogP contribution in [0.25, 0.3) is 0 Å². The minimum absolute atomic E-state index is 0.124. The molecule has 0 aliphatic rings. The molecule has 1 atom stereocenters. The summed E-state index contributed by atoms with van der Waals surface area (Å²) in [5.74, 6) is -0.129. The fourth-order valence-electron chi connectivity index (χ4n) is 1.54. The van der Waals surface area contributed by atoms with Gasteiger partial charge in [-0.15, -0.1) is 0 Å². The van der Waals surface area contributed by atoms with Gasteiger partial charge in [0.05, 0.1) is 0 Å². The Kier molecular flexibility index (Phi) is 4.32. The average molecular weight is 271 g/mol. The van der Waals surface area contributed by atoms with Crippen molar-refractivity contribution in [3.8, 4) is 0 Å². The van der Waals surface area contributed by atoms with Crippen LogP contribution in [0.5, 0.6) is 0 Å². The van der Waals surface area contributed by atoms with Crippen LogP contribution in [-0.2, 0) is 10.2 Å². The highest BCUT2D eigenvalue weighted by molar-refractivity contribution is 7.09. The maximum absolute atomic E-state index is 11.3. The Morgan fingerprint density at radius 1 is 1.39 bits per heavy atom. The van der Waals surface area contributed by atoms with E-state index in [-0.39, 0.29) is 5.41 Å². The Hall–Kier alpha value is -1.17. The third-order valence-electron chi connectivity index (χ3n) is 2.70. The molecule has 1 aromatic heterocycles. The van der Waals surface area contributed by atoms with Gasteiger partial charge >= 0.3 is 5.97 Å². The van der Waals surface area contributed by atoms with Crippen molar-refractivity contribution in [2.24, 2.45) is 0 Å². The molecule has 0 amide bonds. The smallest absolute Gasteiger partial charge is 0.329 e. The van der Waals surface area contributed by atoms with Gasteiger partial charge < -0.3 is 10.4 Å². The lowest BCUT2D eigenvalue weighted by molar-refractivity contribution is -0.141. The van der Waals surface area contributed by atoms with Crippen LogP contribution in [0.3, 0.4) is 0 Å². The number of carboxylic acids is 1. The summed E-state index contributed by atoms with van der Waals surface area (Å²) in [6, 6.07) is 0. The molecule has 0 aliphatic carbocycles. The van der Waals surface area contributed by atoms with Crippen LogP contribution in [0.1, 0.15) is 53.3 Å². The largest absolute Gasteiger partial charge is 0.480 e. The van der Waals surface area contributed by atoms with Crippen LogP contribution < -0.4 is 5.32 Å². The summed E-state index contributed by atoms with van der Waals surface area (Å²) in [5, 5.41) is 12.8. The molecule has 0 bridgehead atoms. The monoisotopic (exact) mass is 271 g/mol. The van der Waals surface area contributed by atoms with Crippen molar-refractivity contribution in [1.82, 2.24) is 9.36 Å². The van der Waals surface area contributed by atoms with E-state index in [0.29, 0.717) is 11.6 Å². The minimum atomic E-state index is -0.983. The molecule has 6 heteroatoms. The van der Waals surface area contributed by atoms with E-state index in [9.17, 15) is 9.90 Å². The highest BCUT2D eigenvalue weighted by Gasteiger charge is 2.33. The zero-order valence-electron chi connectivity index (χ0n) is 11.6. The fourth-order valence-corrected chi connectivity index (χ4v) is 2.42. The first-order chi connectivity index (χ1) is 8.19. The Labute approximate surface area is 112 Å². The van der Waals surface area contributed by atoms with Gasteiger partial charge in [0, 0.05) is 16.9 Å². The van der Waals surface area contributed by atoms with Crippen molar-refractivity contribution in [2.45, 2.75) is 58.4 Å². The SMILES string of the molecule is CCCC(C)(Nc1nc(C(C)(C)C)ns1)C(=O)O. The molecule has 2 N–H and O–H groups in total. The summed E-state index contributed by atoms with van der Waals surface area (Å²) in [6.45, 7) is 9.73. The summed E-state index contributed by atoms with van der Waals surface area (Å²) in [4.78, 5) is 15.7. The molecule has 0 aliphatic heterocycles. The zero-order chi connectivity index (χ0) is 14.0. The van der Waals surface area contributed by atoms with Gasteiger partial charge in [0.15, 0.2) is 0 Å². The van der Waals surface area contributed by atoms with Crippen molar-refractivity contribution in [3.63, 3.8) is 0 Å². The van der Waals surface area contributed by atoms with Crippen molar-refractivity contribution < 1.29 is 9.90 Å². The molecule has 0 saturated heterocycles. The Morgan fingerprint density at radius 2 is 2.00 bits per heavy atom. The zero-order valence-corrected chi connectivity index (χ0v) is 12.4. The number of rotatable bonds is 5. The highest BCUT2D eigenvalue weighted by Crippen LogP contribution is 2.26. The average Bonchev–Trinajstić information content (AvgIpc) is 2.65. The quantitative estimate of drug-likeness (QED) is 0.861. The number of hydrogen-bond donors (Lipinski definition) is 2. The van der Waals surface area contributed by atoms with Crippen molar-refractivity contribution in [2.75, 3.05) is 5.32 Å². The summed E-state index contributed by atoms with van der Waals surface area (Å²) >= 11 is 1.21. The maximum Gasteiger partial charge on any atom is 0.329 e. The number of aliphatic carboxylic acids is 1. The second-order valence-electron chi connectivity index (χ2n) is 5.69. The number of aromatic nitrogens is 2. The molecule has 0 saturated carbocycles. The van der Waals surface area contributed by atoms with Gasteiger partial charge in [0.2, 0.25) is 5.13 Å². The van der Waals surface area contributed by atoms with Crippen LogP contribution >= 0.6 is 11.5 Å². The first kappa shape index (κ1) is 14.9. The third kappa shape index (κ3) is 3.41. The molecule has 102 valence electrons. The molecule has 0 fully saturated rings. The second-order valence-corrected chi connectivity index (χ2v) is 6.44. The molecular weight excluding hydrogens is 250 g/mol. The van der Waals surface area contributed by atoms with E-state index in [0.717, 1.165) is 12.2 Å². The standard InChI is InChI=1S/C12H21N3O2S/c1-6-7-12(5,9(16)17)14-10-13-8(15-18-10)11(2,3)4/h6-7H2,1-5H3,(H,16,17)(H,13,14,15). The summed E-state index contributed by atoms with van der Waals surface area (Å²) in [5.41, 5.74) is -1.11. The number of nitrogens with one attached hydrogen (secondary N) is 1.